The van der Waals surface area contributed by atoms with E-state index in [2.05, 4.69) is 15.9 Å². The van der Waals surface area contributed by atoms with Gasteiger partial charge in [-0.2, -0.15) is 0 Å². The van der Waals surface area contributed by atoms with Crippen molar-refractivity contribution in [3.63, 3.8) is 0 Å². The van der Waals surface area contributed by atoms with Gasteiger partial charge in [-0.1, -0.05) is 15.9 Å². The topological polar surface area (TPSA) is 108 Å². The lowest BCUT2D eigenvalue weighted by atomic mass is 10.3. The van der Waals surface area contributed by atoms with Crippen LogP contribution in [0.15, 0.2) is 16.6 Å². The highest BCUT2D eigenvalue weighted by Gasteiger charge is 2.14. The van der Waals surface area contributed by atoms with E-state index >= 15 is 0 Å². The molecule has 0 aliphatic rings. The van der Waals surface area contributed by atoms with E-state index in [0.29, 0.717) is 0 Å². The molecule has 7 nitrogen and oxygen atoms in total. The average molecular weight is 366 g/mol. The summed E-state index contributed by atoms with van der Waals surface area (Å²) in [5, 5.41) is 14.2. The van der Waals surface area contributed by atoms with Crippen LogP contribution in [0.2, 0.25) is 0 Å². The molecule has 0 atom stereocenters. The smallest absolute Gasteiger partial charge is 0.322 e. The number of carboxylic acids is 1. The Morgan fingerprint density at radius 3 is 2.19 bits per heavy atom. The minimum absolute atomic E-state index is 0.163. The lowest BCUT2D eigenvalue weighted by molar-refractivity contribution is -0.137. The Hall–Kier alpha value is -2.23. The van der Waals surface area contributed by atoms with Crippen LogP contribution < -0.4 is 16.0 Å². The van der Waals surface area contributed by atoms with Gasteiger partial charge in [0.05, 0.1) is 6.54 Å². The number of urea groups is 1. The largest absolute Gasteiger partial charge is 0.480 e. The second-order valence-electron chi connectivity index (χ2n) is 3.72. The molecule has 0 radical (unpaired) electrons. The summed E-state index contributed by atoms with van der Waals surface area (Å²) in [6, 6.07) is 0.900. The Bertz CT molecular complexity index is 560. The number of amides is 3. The molecular formula is C11H10BrF2N3O4. The molecule has 114 valence electrons. The summed E-state index contributed by atoms with van der Waals surface area (Å²) in [6.07, 6.45) is 0. The first-order chi connectivity index (χ1) is 9.79. The standard InChI is InChI=1S/C11H10BrF2N3O4/c12-5-1-6(13)10(7(14)2-5)17-11(21)16-3-8(18)15-4-9(19)20/h1-2H,3-4H2,(H,15,18)(H,19,20)(H2,16,17,21). The Labute approximate surface area is 125 Å². The fourth-order valence-electron chi connectivity index (χ4n) is 1.22. The highest BCUT2D eigenvalue weighted by molar-refractivity contribution is 9.10. The van der Waals surface area contributed by atoms with Gasteiger partial charge in [0.2, 0.25) is 5.91 Å². The van der Waals surface area contributed by atoms with Crippen LogP contribution in [0.1, 0.15) is 0 Å². The van der Waals surface area contributed by atoms with Crippen LogP contribution in [0, 0.1) is 11.6 Å². The van der Waals surface area contributed by atoms with Crippen molar-refractivity contribution in [3.8, 4) is 0 Å². The highest BCUT2D eigenvalue weighted by atomic mass is 79.9. The van der Waals surface area contributed by atoms with Gasteiger partial charge in [0.25, 0.3) is 0 Å². The molecule has 0 fully saturated rings. The Kier molecular flexibility index (Phi) is 6.03. The second kappa shape index (κ2) is 7.53. The zero-order valence-corrected chi connectivity index (χ0v) is 12.0. The monoisotopic (exact) mass is 365 g/mol. The zero-order valence-electron chi connectivity index (χ0n) is 10.4. The quantitative estimate of drug-likeness (QED) is 0.625. The summed E-state index contributed by atoms with van der Waals surface area (Å²) in [5.41, 5.74) is -0.665. The van der Waals surface area contributed by atoms with E-state index in [1.54, 1.807) is 0 Å². The minimum Gasteiger partial charge on any atom is -0.480 e. The zero-order chi connectivity index (χ0) is 16.0. The first-order valence-corrected chi connectivity index (χ1v) is 6.26. The minimum atomic E-state index is -1.24. The molecule has 0 saturated carbocycles. The van der Waals surface area contributed by atoms with Gasteiger partial charge in [0.15, 0.2) is 11.6 Å². The van der Waals surface area contributed by atoms with E-state index in [1.807, 2.05) is 16.0 Å². The first kappa shape index (κ1) is 16.8. The van der Waals surface area contributed by atoms with Crippen molar-refractivity contribution < 1.29 is 28.3 Å². The molecule has 1 rings (SSSR count). The number of rotatable bonds is 5. The maximum Gasteiger partial charge on any atom is 0.322 e. The van der Waals surface area contributed by atoms with Crippen molar-refractivity contribution in [1.82, 2.24) is 10.6 Å². The fraction of sp³-hybridized carbons (Fsp3) is 0.182. The third kappa shape index (κ3) is 5.73. The lowest BCUT2D eigenvalue weighted by Crippen LogP contribution is -2.40. The number of carbonyl (C=O) groups is 3. The van der Waals surface area contributed by atoms with Crippen LogP contribution in [0.5, 0.6) is 0 Å². The molecule has 0 heterocycles. The van der Waals surface area contributed by atoms with Gasteiger partial charge in [-0.3, -0.25) is 9.59 Å². The van der Waals surface area contributed by atoms with Crippen molar-refractivity contribution in [3.05, 3.63) is 28.2 Å². The number of carboxylic acid groups (broad SMARTS) is 1. The number of carbonyl (C=O) groups excluding carboxylic acids is 2. The fourth-order valence-corrected chi connectivity index (χ4v) is 1.62. The molecule has 0 aromatic heterocycles. The summed E-state index contributed by atoms with van der Waals surface area (Å²) >= 11 is 2.88. The Morgan fingerprint density at radius 1 is 1.10 bits per heavy atom. The molecule has 0 bridgehead atoms. The SMILES string of the molecule is O=C(O)CNC(=O)CNC(=O)Nc1c(F)cc(Br)cc1F. The van der Waals surface area contributed by atoms with Gasteiger partial charge in [0, 0.05) is 4.47 Å². The highest BCUT2D eigenvalue weighted by Crippen LogP contribution is 2.23. The van der Waals surface area contributed by atoms with Crippen molar-refractivity contribution in [2.24, 2.45) is 0 Å². The molecule has 4 N–H and O–H groups in total. The third-order valence-corrected chi connectivity index (χ3v) is 2.55. The summed E-state index contributed by atoms with van der Waals surface area (Å²) in [5.74, 6) is -3.99. The molecule has 0 aliphatic heterocycles. The van der Waals surface area contributed by atoms with Crippen LogP contribution in [0.3, 0.4) is 0 Å². The molecular weight excluding hydrogens is 356 g/mol. The maximum absolute atomic E-state index is 13.4. The molecule has 21 heavy (non-hydrogen) atoms. The van der Waals surface area contributed by atoms with E-state index in [1.165, 1.54) is 0 Å². The van der Waals surface area contributed by atoms with Gasteiger partial charge in [0.1, 0.15) is 12.2 Å². The predicted molar refractivity (Wildman–Crippen MR) is 71.7 cm³/mol. The molecule has 0 aliphatic carbocycles. The second-order valence-corrected chi connectivity index (χ2v) is 4.64. The molecule has 0 unspecified atom stereocenters. The molecule has 1 aromatic rings. The molecule has 0 saturated heterocycles. The van der Waals surface area contributed by atoms with Crippen LogP contribution in [-0.4, -0.2) is 36.1 Å². The van der Waals surface area contributed by atoms with E-state index in [9.17, 15) is 23.2 Å². The van der Waals surface area contributed by atoms with Gasteiger partial charge in [-0.05, 0) is 12.1 Å². The number of hydrogen-bond donors (Lipinski definition) is 4. The summed E-state index contributed by atoms with van der Waals surface area (Å²) in [4.78, 5) is 32.7. The van der Waals surface area contributed by atoms with E-state index in [0.717, 1.165) is 12.1 Å². The van der Waals surface area contributed by atoms with Gasteiger partial charge in [-0.25, -0.2) is 13.6 Å². The van der Waals surface area contributed by atoms with Crippen molar-refractivity contribution in [2.75, 3.05) is 18.4 Å². The summed E-state index contributed by atoms with van der Waals surface area (Å²) in [6.45, 7) is -1.14. The van der Waals surface area contributed by atoms with Crippen molar-refractivity contribution in [2.45, 2.75) is 0 Å². The third-order valence-electron chi connectivity index (χ3n) is 2.09. The average Bonchev–Trinajstić information content (AvgIpc) is 2.38. The van der Waals surface area contributed by atoms with Crippen molar-refractivity contribution >= 4 is 39.5 Å². The van der Waals surface area contributed by atoms with Crippen molar-refractivity contribution in [1.29, 1.82) is 0 Å². The van der Waals surface area contributed by atoms with Crippen LogP contribution in [-0.2, 0) is 9.59 Å². The Balaban J connectivity index is 2.51. The summed E-state index contributed by atoms with van der Waals surface area (Å²) < 4.78 is 27.0. The summed E-state index contributed by atoms with van der Waals surface area (Å²) in [7, 11) is 0. The Morgan fingerprint density at radius 2 is 1.67 bits per heavy atom. The number of nitrogens with one attached hydrogen (secondary N) is 3. The van der Waals surface area contributed by atoms with Crippen LogP contribution >= 0.6 is 15.9 Å². The number of aliphatic carboxylic acids is 1. The van der Waals surface area contributed by atoms with Crippen LogP contribution in [0.25, 0.3) is 0 Å². The number of hydrogen-bond acceptors (Lipinski definition) is 3. The molecule has 3 amide bonds. The van der Waals surface area contributed by atoms with E-state index in [4.69, 9.17) is 5.11 Å². The molecule has 0 spiro atoms. The van der Waals surface area contributed by atoms with Gasteiger partial charge in [-0.15, -0.1) is 0 Å². The normalized spacial score (nSPS) is 9.86. The molecule has 10 heteroatoms. The maximum atomic E-state index is 13.4. The number of halogens is 3. The van der Waals surface area contributed by atoms with Gasteiger partial charge >= 0.3 is 12.0 Å². The first-order valence-electron chi connectivity index (χ1n) is 5.47. The predicted octanol–water partition coefficient (Wildman–Crippen LogP) is 1.05. The van der Waals surface area contributed by atoms with E-state index < -0.39 is 48.3 Å². The number of anilines is 1. The number of benzene rings is 1. The van der Waals surface area contributed by atoms with Gasteiger partial charge < -0.3 is 21.1 Å². The van der Waals surface area contributed by atoms with E-state index in [-0.39, 0.29) is 4.47 Å². The van der Waals surface area contributed by atoms with Crippen LogP contribution in [0.4, 0.5) is 19.3 Å². The lowest BCUT2D eigenvalue weighted by Gasteiger charge is -2.09. The molecule has 1 aromatic carbocycles.